The Morgan fingerprint density at radius 3 is 2.24 bits per heavy atom. The van der Waals surface area contributed by atoms with Crippen LogP contribution >= 0.6 is 11.6 Å². The average Bonchev–Trinajstić information content (AvgIpc) is 2.48. The number of nitrogens with two attached hydrogens (primary N) is 1. The summed E-state index contributed by atoms with van der Waals surface area (Å²) in [7, 11) is 0. The van der Waals surface area contributed by atoms with Crippen LogP contribution in [0.5, 0.6) is 0 Å². The minimum atomic E-state index is -0.723. The molecule has 0 saturated heterocycles. The summed E-state index contributed by atoms with van der Waals surface area (Å²) in [6, 6.07) is 15.7. The van der Waals surface area contributed by atoms with Crippen molar-refractivity contribution in [1.29, 1.82) is 0 Å². The van der Waals surface area contributed by atoms with E-state index in [1.807, 2.05) is 18.2 Å². The summed E-state index contributed by atoms with van der Waals surface area (Å²) < 4.78 is 0. The van der Waals surface area contributed by atoms with Crippen LogP contribution in [0.1, 0.15) is 15.9 Å². The molecule has 106 valence electrons. The summed E-state index contributed by atoms with van der Waals surface area (Å²) in [6.07, 6.45) is 1.51. The molecule has 0 fully saturated rings. The second-order valence-electron chi connectivity index (χ2n) is 4.27. The second kappa shape index (κ2) is 6.72. The molecule has 3 N–H and O–H groups in total. The van der Waals surface area contributed by atoms with Crippen molar-refractivity contribution in [3.63, 3.8) is 0 Å². The van der Waals surface area contributed by atoms with Crippen molar-refractivity contribution in [3.8, 4) is 0 Å². The summed E-state index contributed by atoms with van der Waals surface area (Å²) in [6.45, 7) is 0. The standard InChI is InChI=1S/C16H13ClN2O2/c17-13-9-5-4-8-12(13)16(21)19-14(15(18)20)10-11-6-2-1-3-7-11/h1-10H,(H2,18,20)(H,19,21)/b14-10-. The molecule has 0 unspecified atom stereocenters. The molecule has 0 atom stereocenters. The Labute approximate surface area is 127 Å². The molecule has 0 aliphatic heterocycles. The molecule has 0 aliphatic carbocycles. The SMILES string of the molecule is NC(=O)/C(=C/c1ccccc1)NC(=O)c1ccccc1Cl. The van der Waals surface area contributed by atoms with E-state index in [-0.39, 0.29) is 11.3 Å². The number of halogens is 1. The van der Waals surface area contributed by atoms with Crippen LogP contribution in [-0.2, 0) is 4.79 Å². The Morgan fingerprint density at radius 2 is 1.62 bits per heavy atom. The first-order chi connectivity index (χ1) is 10.1. The van der Waals surface area contributed by atoms with Gasteiger partial charge in [-0.05, 0) is 23.8 Å². The van der Waals surface area contributed by atoms with E-state index in [1.165, 1.54) is 6.08 Å². The zero-order valence-electron chi connectivity index (χ0n) is 11.0. The van der Waals surface area contributed by atoms with Gasteiger partial charge < -0.3 is 11.1 Å². The van der Waals surface area contributed by atoms with Crippen molar-refractivity contribution in [2.24, 2.45) is 5.73 Å². The smallest absolute Gasteiger partial charge is 0.265 e. The second-order valence-corrected chi connectivity index (χ2v) is 4.67. The summed E-state index contributed by atoms with van der Waals surface area (Å²) >= 11 is 5.95. The Kier molecular flexibility index (Phi) is 4.74. The lowest BCUT2D eigenvalue weighted by molar-refractivity contribution is -0.114. The molecule has 0 heterocycles. The molecule has 0 saturated carbocycles. The van der Waals surface area contributed by atoms with Gasteiger partial charge in [-0.25, -0.2) is 0 Å². The normalized spacial score (nSPS) is 11.0. The fourth-order valence-corrected chi connectivity index (χ4v) is 1.94. The van der Waals surface area contributed by atoms with Crippen LogP contribution in [0.25, 0.3) is 6.08 Å². The molecule has 0 aromatic heterocycles. The van der Waals surface area contributed by atoms with E-state index >= 15 is 0 Å². The number of hydrogen-bond donors (Lipinski definition) is 2. The fraction of sp³-hybridized carbons (Fsp3) is 0. The van der Waals surface area contributed by atoms with Crippen LogP contribution in [0.3, 0.4) is 0 Å². The fourth-order valence-electron chi connectivity index (χ4n) is 1.72. The van der Waals surface area contributed by atoms with Crippen molar-refractivity contribution in [2.75, 3.05) is 0 Å². The highest BCUT2D eigenvalue weighted by molar-refractivity contribution is 6.34. The lowest BCUT2D eigenvalue weighted by Crippen LogP contribution is -2.31. The zero-order valence-corrected chi connectivity index (χ0v) is 11.8. The van der Waals surface area contributed by atoms with E-state index in [4.69, 9.17) is 17.3 Å². The first-order valence-electron chi connectivity index (χ1n) is 6.20. The van der Waals surface area contributed by atoms with Gasteiger partial charge in [0.2, 0.25) is 0 Å². The lowest BCUT2D eigenvalue weighted by atomic mass is 10.1. The van der Waals surface area contributed by atoms with Crippen molar-refractivity contribution in [1.82, 2.24) is 5.32 Å². The number of rotatable bonds is 4. The Balaban J connectivity index is 2.26. The predicted molar refractivity (Wildman–Crippen MR) is 82.5 cm³/mol. The lowest BCUT2D eigenvalue weighted by Gasteiger charge is -2.08. The van der Waals surface area contributed by atoms with Crippen molar-refractivity contribution in [2.45, 2.75) is 0 Å². The van der Waals surface area contributed by atoms with Crippen LogP contribution < -0.4 is 11.1 Å². The summed E-state index contributed by atoms with van der Waals surface area (Å²) in [5.74, 6) is -1.21. The first kappa shape index (κ1) is 14.8. The minimum absolute atomic E-state index is 0.00567. The number of amides is 2. The molecule has 0 bridgehead atoms. The van der Waals surface area contributed by atoms with Crippen LogP contribution in [0.2, 0.25) is 5.02 Å². The van der Waals surface area contributed by atoms with Crippen LogP contribution in [0.15, 0.2) is 60.3 Å². The molecule has 0 spiro atoms. The summed E-state index contributed by atoms with van der Waals surface area (Å²) in [4.78, 5) is 23.6. The number of hydrogen-bond acceptors (Lipinski definition) is 2. The summed E-state index contributed by atoms with van der Waals surface area (Å²) in [5, 5.41) is 2.79. The monoisotopic (exact) mass is 300 g/mol. The maximum atomic E-state index is 12.1. The number of benzene rings is 2. The molecule has 21 heavy (non-hydrogen) atoms. The third-order valence-electron chi connectivity index (χ3n) is 2.74. The van der Waals surface area contributed by atoms with Gasteiger partial charge in [0.05, 0.1) is 10.6 Å². The van der Waals surface area contributed by atoms with Gasteiger partial charge in [-0.15, -0.1) is 0 Å². The third-order valence-corrected chi connectivity index (χ3v) is 3.07. The van der Waals surface area contributed by atoms with E-state index in [1.54, 1.807) is 36.4 Å². The van der Waals surface area contributed by atoms with Crippen molar-refractivity contribution in [3.05, 3.63) is 76.4 Å². The van der Waals surface area contributed by atoms with Gasteiger partial charge >= 0.3 is 0 Å². The van der Waals surface area contributed by atoms with Gasteiger partial charge in [-0.3, -0.25) is 9.59 Å². The highest BCUT2D eigenvalue weighted by Gasteiger charge is 2.14. The summed E-state index contributed by atoms with van der Waals surface area (Å²) in [5.41, 5.74) is 6.33. The molecule has 5 heteroatoms. The van der Waals surface area contributed by atoms with Gasteiger partial charge in [0.15, 0.2) is 0 Å². The van der Waals surface area contributed by atoms with Gasteiger partial charge in [-0.1, -0.05) is 54.1 Å². The number of nitrogens with one attached hydrogen (secondary N) is 1. The topological polar surface area (TPSA) is 72.2 Å². The zero-order chi connectivity index (χ0) is 15.2. The first-order valence-corrected chi connectivity index (χ1v) is 6.58. The molecular weight excluding hydrogens is 288 g/mol. The molecule has 2 aromatic carbocycles. The number of carbonyl (C=O) groups excluding carboxylic acids is 2. The molecular formula is C16H13ClN2O2. The quantitative estimate of drug-likeness (QED) is 0.852. The predicted octanol–water partition coefficient (Wildman–Crippen LogP) is 2.60. The molecule has 2 amide bonds. The highest BCUT2D eigenvalue weighted by Crippen LogP contribution is 2.15. The van der Waals surface area contributed by atoms with E-state index in [9.17, 15) is 9.59 Å². The van der Waals surface area contributed by atoms with E-state index in [0.29, 0.717) is 5.02 Å². The van der Waals surface area contributed by atoms with Crippen LogP contribution in [-0.4, -0.2) is 11.8 Å². The molecule has 0 aliphatic rings. The number of carbonyl (C=O) groups is 2. The third kappa shape index (κ3) is 3.94. The van der Waals surface area contributed by atoms with Crippen LogP contribution in [0.4, 0.5) is 0 Å². The maximum absolute atomic E-state index is 12.1. The average molecular weight is 301 g/mol. The molecule has 2 aromatic rings. The molecule has 2 rings (SSSR count). The molecule has 4 nitrogen and oxygen atoms in total. The van der Waals surface area contributed by atoms with Gasteiger partial charge in [0, 0.05) is 0 Å². The minimum Gasteiger partial charge on any atom is -0.364 e. The Bertz CT molecular complexity index is 696. The molecule has 0 radical (unpaired) electrons. The Morgan fingerprint density at radius 1 is 1.00 bits per heavy atom. The maximum Gasteiger partial charge on any atom is 0.265 e. The van der Waals surface area contributed by atoms with E-state index < -0.39 is 11.8 Å². The Hall–Kier alpha value is -2.59. The van der Waals surface area contributed by atoms with Crippen molar-refractivity contribution >= 4 is 29.5 Å². The van der Waals surface area contributed by atoms with E-state index in [2.05, 4.69) is 5.32 Å². The number of primary amides is 1. The van der Waals surface area contributed by atoms with E-state index in [0.717, 1.165) is 5.56 Å². The van der Waals surface area contributed by atoms with Gasteiger partial charge in [-0.2, -0.15) is 0 Å². The largest absolute Gasteiger partial charge is 0.364 e. The van der Waals surface area contributed by atoms with Gasteiger partial charge in [0.25, 0.3) is 11.8 Å². The highest BCUT2D eigenvalue weighted by atomic mass is 35.5. The van der Waals surface area contributed by atoms with Crippen molar-refractivity contribution < 1.29 is 9.59 Å². The van der Waals surface area contributed by atoms with Gasteiger partial charge in [0.1, 0.15) is 5.70 Å². The van der Waals surface area contributed by atoms with Crippen LogP contribution in [0, 0.1) is 0 Å².